The highest BCUT2D eigenvalue weighted by Gasteiger charge is 2.30. The van der Waals surface area contributed by atoms with Gasteiger partial charge in [-0.05, 0) is 80.2 Å². The normalized spacial score (nSPS) is 17.8. The third-order valence-corrected chi connectivity index (χ3v) is 9.58. The summed E-state index contributed by atoms with van der Waals surface area (Å²) in [5, 5.41) is 22.6. The molecule has 2 aromatic heterocycles. The van der Waals surface area contributed by atoms with Crippen LogP contribution in [0.3, 0.4) is 0 Å². The SMILES string of the molecule is CC(C)(C)OC(=O)N1CCC(Nc2cc(N3CCNCC3)nc(NCc3cn(CCCNCCN(C(=O)OC(C)(C)C)C4CCCCC4)nn3)n2)CC1. The highest BCUT2D eigenvalue weighted by molar-refractivity contribution is 5.69. The molecule has 0 aromatic carbocycles. The van der Waals surface area contributed by atoms with Crippen molar-refractivity contribution < 1.29 is 19.1 Å². The second-order valence-electron chi connectivity index (χ2n) is 16.5. The van der Waals surface area contributed by atoms with E-state index in [-0.39, 0.29) is 24.3 Å². The van der Waals surface area contributed by atoms with Gasteiger partial charge in [0.15, 0.2) is 0 Å². The van der Waals surface area contributed by atoms with E-state index in [9.17, 15) is 9.59 Å². The van der Waals surface area contributed by atoms with Crippen LogP contribution >= 0.6 is 0 Å². The van der Waals surface area contributed by atoms with E-state index in [2.05, 4.69) is 36.5 Å². The van der Waals surface area contributed by atoms with Crippen LogP contribution in [0.4, 0.5) is 27.2 Å². The van der Waals surface area contributed by atoms with Crippen molar-refractivity contribution in [1.82, 2.24) is 45.4 Å². The number of aromatic nitrogens is 5. The molecule has 16 heteroatoms. The van der Waals surface area contributed by atoms with Crippen molar-refractivity contribution in [2.45, 2.75) is 129 Å². The number of hydrogen-bond donors (Lipinski definition) is 4. The summed E-state index contributed by atoms with van der Waals surface area (Å²) in [5.41, 5.74) is -0.207. The summed E-state index contributed by atoms with van der Waals surface area (Å²) in [6.07, 6.45) is 9.66. The minimum atomic E-state index is -0.508. The number of piperidine rings is 1. The van der Waals surface area contributed by atoms with Crippen molar-refractivity contribution in [1.29, 1.82) is 0 Å². The van der Waals surface area contributed by atoms with Crippen LogP contribution in [0.5, 0.6) is 0 Å². The van der Waals surface area contributed by atoms with Crippen LogP contribution in [0, 0.1) is 0 Å². The van der Waals surface area contributed by atoms with E-state index in [1.54, 1.807) is 4.90 Å². The number of carbonyl (C=O) groups excluding carboxylic acids is 2. The first kappa shape index (κ1) is 40.3. The van der Waals surface area contributed by atoms with Crippen LogP contribution in [-0.2, 0) is 22.6 Å². The molecule has 3 fully saturated rings. The lowest BCUT2D eigenvalue weighted by atomic mass is 9.94. The number of nitrogens with one attached hydrogen (secondary N) is 4. The molecule has 16 nitrogen and oxygen atoms in total. The number of aryl methyl sites for hydroxylation is 1. The zero-order valence-corrected chi connectivity index (χ0v) is 33.0. The standard InChI is InChI=1S/C37H64N12O4/c1-36(2,3)52-34(50)47-20-13-28(14-21-47)41-31-25-32(46-22-16-39-17-23-46)43-33(42-31)40-26-29-27-48(45-44-29)19-10-15-38-18-24-49(30-11-8-7-9-12-30)35(51)53-37(4,5)6/h25,27-28,30,38-39H,7-24,26H2,1-6H3,(H2,40,41,42,43). The second-order valence-corrected chi connectivity index (χ2v) is 16.5. The average molecular weight is 741 g/mol. The van der Waals surface area contributed by atoms with Crippen LogP contribution in [0.15, 0.2) is 12.3 Å². The summed E-state index contributed by atoms with van der Waals surface area (Å²) in [7, 11) is 0. The molecule has 0 atom stereocenters. The van der Waals surface area contributed by atoms with Crippen LogP contribution in [-0.4, -0.2) is 129 Å². The number of likely N-dealkylation sites (tertiary alicyclic amines) is 1. The third kappa shape index (κ3) is 13.5. The van der Waals surface area contributed by atoms with Gasteiger partial charge in [0.05, 0.1) is 12.7 Å². The van der Waals surface area contributed by atoms with E-state index < -0.39 is 11.2 Å². The maximum atomic E-state index is 13.0. The monoisotopic (exact) mass is 741 g/mol. The first-order valence-electron chi connectivity index (χ1n) is 19.7. The van der Waals surface area contributed by atoms with Crippen molar-refractivity contribution >= 4 is 29.8 Å². The first-order chi connectivity index (χ1) is 25.3. The van der Waals surface area contributed by atoms with Gasteiger partial charge in [-0.3, -0.25) is 4.68 Å². The van der Waals surface area contributed by atoms with Gasteiger partial charge in [-0.15, -0.1) is 5.10 Å². The van der Waals surface area contributed by atoms with E-state index in [1.807, 2.05) is 63.4 Å². The van der Waals surface area contributed by atoms with Gasteiger partial charge < -0.3 is 45.4 Å². The predicted molar refractivity (Wildman–Crippen MR) is 206 cm³/mol. The van der Waals surface area contributed by atoms with E-state index >= 15 is 0 Å². The summed E-state index contributed by atoms with van der Waals surface area (Å²) < 4.78 is 13.2. The lowest BCUT2D eigenvalue weighted by Gasteiger charge is -2.35. The van der Waals surface area contributed by atoms with Gasteiger partial charge in [-0.1, -0.05) is 24.5 Å². The van der Waals surface area contributed by atoms with Crippen molar-refractivity contribution in [2.75, 3.05) is 74.4 Å². The molecule has 0 bridgehead atoms. The molecular weight excluding hydrogens is 676 g/mol. The average Bonchev–Trinajstić information content (AvgIpc) is 3.57. The van der Waals surface area contributed by atoms with E-state index in [0.29, 0.717) is 32.1 Å². The van der Waals surface area contributed by atoms with E-state index in [4.69, 9.17) is 19.4 Å². The number of amides is 2. The number of anilines is 3. The van der Waals surface area contributed by atoms with E-state index in [0.717, 1.165) is 95.2 Å². The van der Waals surface area contributed by atoms with Gasteiger partial charge in [0, 0.05) is 77.1 Å². The highest BCUT2D eigenvalue weighted by Crippen LogP contribution is 2.25. The summed E-state index contributed by atoms with van der Waals surface area (Å²) in [6.45, 7) is 19.6. The molecule has 1 saturated carbocycles. The first-order valence-corrected chi connectivity index (χ1v) is 19.7. The molecule has 0 unspecified atom stereocenters. The fourth-order valence-corrected chi connectivity index (χ4v) is 6.91. The molecular formula is C37H64N12O4. The van der Waals surface area contributed by atoms with Crippen LogP contribution in [0.1, 0.15) is 98.6 Å². The number of hydrogen-bond acceptors (Lipinski definition) is 13. The lowest BCUT2D eigenvalue weighted by molar-refractivity contribution is 0.0123. The molecule has 1 aliphatic carbocycles. The van der Waals surface area contributed by atoms with Crippen molar-refractivity contribution in [2.24, 2.45) is 0 Å². The number of piperazine rings is 1. The number of ether oxygens (including phenoxy) is 2. The molecule has 5 rings (SSSR count). The maximum absolute atomic E-state index is 13.0. The zero-order chi connectivity index (χ0) is 37.8. The molecule has 0 spiro atoms. The Morgan fingerprint density at radius 2 is 1.64 bits per heavy atom. The topological polar surface area (TPSA) is 167 Å². The fraction of sp³-hybridized carbons (Fsp3) is 0.784. The van der Waals surface area contributed by atoms with E-state index in [1.165, 1.54) is 19.3 Å². The van der Waals surface area contributed by atoms with Crippen molar-refractivity contribution in [3.63, 3.8) is 0 Å². The number of carbonyl (C=O) groups is 2. The molecule has 2 saturated heterocycles. The largest absolute Gasteiger partial charge is 0.444 e. The van der Waals surface area contributed by atoms with Gasteiger partial charge >= 0.3 is 12.2 Å². The Hall–Kier alpha value is -3.92. The molecule has 4 heterocycles. The molecule has 2 aliphatic heterocycles. The molecule has 2 amide bonds. The summed E-state index contributed by atoms with van der Waals surface area (Å²) in [4.78, 5) is 41.2. The van der Waals surface area contributed by atoms with Gasteiger partial charge in [0.1, 0.15) is 28.5 Å². The Morgan fingerprint density at radius 3 is 2.34 bits per heavy atom. The Bertz CT molecular complexity index is 1440. The van der Waals surface area contributed by atoms with Crippen molar-refractivity contribution in [3.8, 4) is 0 Å². The Balaban J connectivity index is 1.08. The zero-order valence-electron chi connectivity index (χ0n) is 33.0. The second kappa shape index (κ2) is 18.9. The number of rotatable bonds is 14. The highest BCUT2D eigenvalue weighted by atomic mass is 16.6. The molecule has 3 aliphatic rings. The predicted octanol–water partition coefficient (Wildman–Crippen LogP) is 4.45. The van der Waals surface area contributed by atoms with Crippen molar-refractivity contribution in [3.05, 3.63) is 18.0 Å². The minimum Gasteiger partial charge on any atom is -0.444 e. The molecule has 53 heavy (non-hydrogen) atoms. The molecule has 2 aromatic rings. The summed E-state index contributed by atoms with van der Waals surface area (Å²) >= 11 is 0. The molecule has 0 radical (unpaired) electrons. The van der Waals surface area contributed by atoms with Crippen LogP contribution < -0.4 is 26.2 Å². The quantitative estimate of drug-likeness (QED) is 0.201. The smallest absolute Gasteiger partial charge is 0.410 e. The van der Waals surface area contributed by atoms with Gasteiger partial charge in [-0.25, -0.2) is 9.59 Å². The molecule has 4 N–H and O–H groups in total. The lowest BCUT2D eigenvalue weighted by Crippen LogP contribution is -2.47. The third-order valence-electron chi connectivity index (χ3n) is 9.58. The minimum absolute atomic E-state index is 0.183. The maximum Gasteiger partial charge on any atom is 0.410 e. The summed E-state index contributed by atoms with van der Waals surface area (Å²) in [6, 6.07) is 2.46. The summed E-state index contributed by atoms with van der Waals surface area (Å²) in [5.74, 6) is 2.17. The van der Waals surface area contributed by atoms with Crippen LogP contribution in [0.25, 0.3) is 0 Å². The van der Waals surface area contributed by atoms with Gasteiger partial charge in [0.2, 0.25) is 5.95 Å². The van der Waals surface area contributed by atoms with Gasteiger partial charge in [0.25, 0.3) is 0 Å². The Kier molecular flexibility index (Phi) is 14.4. The fourth-order valence-electron chi connectivity index (χ4n) is 6.91. The van der Waals surface area contributed by atoms with Crippen LogP contribution in [0.2, 0.25) is 0 Å². The van der Waals surface area contributed by atoms with Gasteiger partial charge in [-0.2, -0.15) is 9.97 Å². The Labute approximate surface area is 315 Å². The Morgan fingerprint density at radius 1 is 0.925 bits per heavy atom. The number of nitrogens with zero attached hydrogens (tertiary/aromatic N) is 8. The molecule has 296 valence electrons.